The van der Waals surface area contributed by atoms with Crippen molar-refractivity contribution >= 4 is 51.8 Å². The molecule has 3 rings (SSSR count). The van der Waals surface area contributed by atoms with Gasteiger partial charge in [-0.25, -0.2) is 0 Å². The Hall–Kier alpha value is -1.76. The Morgan fingerprint density at radius 3 is 2.21 bits per heavy atom. The van der Waals surface area contributed by atoms with Crippen molar-refractivity contribution in [2.45, 2.75) is 13.8 Å². The Labute approximate surface area is 180 Å². The van der Waals surface area contributed by atoms with E-state index in [1.165, 1.54) is 0 Å². The molecule has 1 aliphatic rings. The Morgan fingerprint density at radius 1 is 1.00 bits per heavy atom. The molecular weight excluding hydrogens is 417 g/mol. The van der Waals surface area contributed by atoms with Gasteiger partial charge in [0.15, 0.2) is 0 Å². The average molecular weight is 440 g/mol. The lowest BCUT2D eigenvalue weighted by Crippen LogP contribution is -2.47. The predicted molar refractivity (Wildman–Crippen MR) is 119 cm³/mol. The van der Waals surface area contributed by atoms with Gasteiger partial charge >= 0.3 is 5.24 Å². The molecule has 1 aliphatic heterocycles. The molecule has 1 amide bonds. The summed E-state index contributed by atoms with van der Waals surface area (Å²) in [6.45, 7) is 6.82. The minimum atomic E-state index is -0.0101. The second-order valence-corrected chi connectivity index (χ2v) is 8.34. The molecule has 1 fully saturated rings. The van der Waals surface area contributed by atoms with Gasteiger partial charge in [-0.05, 0) is 55.3 Å². The molecule has 28 heavy (non-hydrogen) atoms. The van der Waals surface area contributed by atoms with E-state index in [-0.39, 0.29) is 5.24 Å². The minimum absolute atomic E-state index is 0.0101. The SMILES string of the molecule is COc1cc(C)c(C)cc1NSC(=O)N1CCN(c2cc(Cl)cc(Cl)c2)CC1. The lowest BCUT2D eigenvalue weighted by atomic mass is 10.1. The second-order valence-electron chi connectivity index (χ2n) is 6.71. The number of carbonyl (C=O) groups excluding carboxylic acids is 1. The number of rotatable bonds is 4. The van der Waals surface area contributed by atoms with Crippen LogP contribution in [0.5, 0.6) is 5.75 Å². The molecule has 2 aromatic carbocycles. The summed E-state index contributed by atoms with van der Waals surface area (Å²) in [6, 6.07) is 9.48. The van der Waals surface area contributed by atoms with Crippen molar-refractivity contribution in [2.24, 2.45) is 0 Å². The van der Waals surface area contributed by atoms with E-state index in [9.17, 15) is 4.79 Å². The van der Waals surface area contributed by atoms with Crippen LogP contribution in [-0.2, 0) is 0 Å². The van der Waals surface area contributed by atoms with Gasteiger partial charge in [-0.15, -0.1) is 0 Å². The highest BCUT2D eigenvalue weighted by atomic mass is 35.5. The van der Waals surface area contributed by atoms with Gasteiger partial charge in [0.05, 0.1) is 12.8 Å². The van der Waals surface area contributed by atoms with Crippen LogP contribution in [0.15, 0.2) is 30.3 Å². The number of amides is 1. The molecule has 8 heteroatoms. The fraction of sp³-hybridized carbons (Fsp3) is 0.350. The topological polar surface area (TPSA) is 44.8 Å². The van der Waals surface area contributed by atoms with Crippen LogP contribution in [0, 0.1) is 13.8 Å². The maximum absolute atomic E-state index is 12.6. The van der Waals surface area contributed by atoms with Gasteiger partial charge in [0.25, 0.3) is 0 Å². The number of anilines is 2. The molecule has 0 atom stereocenters. The molecule has 0 radical (unpaired) electrons. The Balaban J connectivity index is 1.56. The molecule has 1 N–H and O–H groups in total. The zero-order valence-corrected chi connectivity index (χ0v) is 18.4. The molecule has 0 spiro atoms. The van der Waals surface area contributed by atoms with Gasteiger partial charge in [-0.1, -0.05) is 23.2 Å². The van der Waals surface area contributed by atoms with E-state index in [0.717, 1.165) is 53.3 Å². The molecule has 150 valence electrons. The summed E-state index contributed by atoms with van der Waals surface area (Å²) in [5.41, 5.74) is 4.08. The van der Waals surface area contributed by atoms with Crippen molar-refractivity contribution in [3.8, 4) is 5.75 Å². The molecule has 1 heterocycles. The lowest BCUT2D eigenvalue weighted by molar-refractivity contribution is 0.219. The highest BCUT2D eigenvalue weighted by Crippen LogP contribution is 2.31. The van der Waals surface area contributed by atoms with E-state index in [0.29, 0.717) is 23.1 Å². The summed E-state index contributed by atoms with van der Waals surface area (Å²) in [7, 11) is 1.63. The summed E-state index contributed by atoms with van der Waals surface area (Å²) in [5.74, 6) is 0.728. The maximum Gasteiger partial charge on any atom is 0.302 e. The number of benzene rings is 2. The Bertz CT molecular complexity index is 851. The van der Waals surface area contributed by atoms with Crippen LogP contribution >= 0.6 is 35.1 Å². The van der Waals surface area contributed by atoms with Gasteiger partial charge in [-0.2, -0.15) is 0 Å². The van der Waals surface area contributed by atoms with E-state index in [1.807, 2.05) is 43.0 Å². The summed E-state index contributed by atoms with van der Waals surface area (Å²) in [4.78, 5) is 16.6. The first-order valence-corrected chi connectivity index (χ1v) is 10.5. The van der Waals surface area contributed by atoms with E-state index >= 15 is 0 Å². The van der Waals surface area contributed by atoms with Crippen molar-refractivity contribution in [3.63, 3.8) is 0 Å². The van der Waals surface area contributed by atoms with E-state index in [1.54, 1.807) is 13.2 Å². The summed E-state index contributed by atoms with van der Waals surface area (Å²) >= 11 is 13.3. The van der Waals surface area contributed by atoms with Crippen LogP contribution in [0.1, 0.15) is 11.1 Å². The molecular formula is C20H23Cl2N3O2S. The van der Waals surface area contributed by atoms with Crippen molar-refractivity contribution in [1.29, 1.82) is 0 Å². The van der Waals surface area contributed by atoms with Crippen molar-refractivity contribution in [3.05, 3.63) is 51.5 Å². The van der Waals surface area contributed by atoms with Gasteiger partial charge < -0.3 is 19.3 Å². The number of nitrogens with one attached hydrogen (secondary N) is 1. The zero-order valence-electron chi connectivity index (χ0n) is 16.1. The third kappa shape index (κ3) is 4.99. The number of aryl methyl sites for hydroxylation is 2. The summed E-state index contributed by atoms with van der Waals surface area (Å²) in [6.07, 6.45) is 0. The summed E-state index contributed by atoms with van der Waals surface area (Å²) in [5, 5.41) is 1.22. The molecule has 0 unspecified atom stereocenters. The van der Waals surface area contributed by atoms with Crippen molar-refractivity contribution in [2.75, 3.05) is 42.9 Å². The second kappa shape index (κ2) is 9.16. The minimum Gasteiger partial charge on any atom is -0.495 e. The molecule has 0 aliphatic carbocycles. The number of methoxy groups -OCH3 is 1. The number of hydrogen-bond acceptors (Lipinski definition) is 5. The first-order chi connectivity index (χ1) is 13.4. The number of nitrogens with zero attached hydrogens (tertiary/aromatic N) is 2. The quantitative estimate of drug-likeness (QED) is 0.626. The van der Waals surface area contributed by atoms with E-state index < -0.39 is 0 Å². The molecule has 0 aromatic heterocycles. The van der Waals surface area contributed by atoms with Crippen LogP contribution in [-0.4, -0.2) is 43.4 Å². The van der Waals surface area contributed by atoms with Gasteiger partial charge in [0, 0.05) is 53.9 Å². The monoisotopic (exact) mass is 439 g/mol. The van der Waals surface area contributed by atoms with E-state index in [4.69, 9.17) is 27.9 Å². The number of carbonyl (C=O) groups is 1. The average Bonchev–Trinajstić information content (AvgIpc) is 2.67. The number of ether oxygens (including phenoxy) is 1. The van der Waals surface area contributed by atoms with Gasteiger partial charge in [0.2, 0.25) is 0 Å². The third-order valence-corrected chi connectivity index (χ3v) is 6.01. The first-order valence-electron chi connectivity index (χ1n) is 8.95. The predicted octanol–water partition coefficient (Wildman–Crippen LogP) is 5.62. The fourth-order valence-electron chi connectivity index (χ4n) is 3.07. The fourth-order valence-corrected chi connectivity index (χ4v) is 4.25. The van der Waals surface area contributed by atoms with Crippen LogP contribution in [0.2, 0.25) is 10.0 Å². The molecule has 0 saturated carbocycles. The molecule has 2 aromatic rings. The first kappa shape index (κ1) is 21.0. The van der Waals surface area contributed by atoms with Crippen LogP contribution in [0.4, 0.5) is 16.2 Å². The van der Waals surface area contributed by atoms with Gasteiger partial charge in [0.1, 0.15) is 5.75 Å². The lowest BCUT2D eigenvalue weighted by Gasteiger charge is -2.36. The highest BCUT2D eigenvalue weighted by molar-refractivity contribution is 8.14. The summed E-state index contributed by atoms with van der Waals surface area (Å²) < 4.78 is 8.55. The Morgan fingerprint density at radius 2 is 1.61 bits per heavy atom. The molecule has 0 bridgehead atoms. The smallest absolute Gasteiger partial charge is 0.302 e. The third-order valence-electron chi connectivity index (χ3n) is 4.81. The van der Waals surface area contributed by atoms with E-state index in [2.05, 4.69) is 9.62 Å². The molecule has 1 saturated heterocycles. The Kier molecular flexibility index (Phi) is 6.86. The van der Waals surface area contributed by atoms with Crippen molar-refractivity contribution in [1.82, 2.24) is 4.90 Å². The molecule has 5 nitrogen and oxygen atoms in total. The van der Waals surface area contributed by atoms with Gasteiger partial charge in [-0.3, -0.25) is 4.79 Å². The highest BCUT2D eigenvalue weighted by Gasteiger charge is 2.22. The van der Waals surface area contributed by atoms with Crippen LogP contribution < -0.4 is 14.4 Å². The standard InChI is InChI=1S/C20H23Cl2N3O2S/c1-13-8-18(19(27-3)9-14(13)2)23-28-20(26)25-6-4-24(5-7-25)17-11-15(21)10-16(22)12-17/h8-12,23H,4-7H2,1-3H3. The van der Waals surface area contributed by atoms with Crippen LogP contribution in [0.3, 0.4) is 0 Å². The maximum atomic E-state index is 12.6. The van der Waals surface area contributed by atoms with Crippen molar-refractivity contribution < 1.29 is 9.53 Å². The zero-order chi connectivity index (χ0) is 20.3. The van der Waals surface area contributed by atoms with Crippen LogP contribution in [0.25, 0.3) is 0 Å². The number of hydrogen-bond donors (Lipinski definition) is 1. The largest absolute Gasteiger partial charge is 0.495 e. The number of halogens is 2. The normalized spacial score (nSPS) is 14.2. The number of piperazine rings is 1.